The van der Waals surface area contributed by atoms with Gasteiger partial charge in [-0.3, -0.25) is 9.78 Å². The topological polar surface area (TPSA) is 79.8 Å². The number of benzene rings is 2. The molecule has 0 saturated carbocycles. The van der Waals surface area contributed by atoms with E-state index >= 15 is 0 Å². The van der Waals surface area contributed by atoms with E-state index in [1.807, 2.05) is 24.3 Å². The number of fused-ring (bicyclic) bond motifs is 1. The summed E-state index contributed by atoms with van der Waals surface area (Å²) in [5.41, 5.74) is 2.46. The fraction of sp³-hybridized carbons (Fsp3) is 0.0476. The van der Waals surface area contributed by atoms with Gasteiger partial charge in [0.05, 0.1) is 5.56 Å². The van der Waals surface area contributed by atoms with Crippen molar-refractivity contribution in [2.24, 2.45) is 0 Å². The Hall–Kier alpha value is -3.87. The lowest BCUT2D eigenvalue weighted by atomic mass is 10.2. The molecule has 0 aliphatic carbocycles. The zero-order valence-electron chi connectivity index (χ0n) is 14.8. The number of hydrogen-bond donors (Lipinski definition) is 2. The van der Waals surface area contributed by atoms with Gasteiger partial charge in [0, 0.05) is 30.0 Å². The summed E-state index contributed by atoms with van der Waals surface area (Å²) in [6.07, 6.45) is 4.47. The molecule has 2 aromatic heterocycles. The molecule has 0 bridgehead atoms. The summed E-state index contributed by atoms with van der Waals surface area (Å²) in [6, 6.07) is 15.6. The molecule has 0 saturated heterocycles. The molecular formula is C21H16FN5O. The molecule has 7 heteroatoms. The van der Waals surface area contributed by atoms with Crippen molar-refractivity contribution in [2.45, 2.75) is 6.54 Å². The number of halogens is 1. The maximum absolute atomic E-state index is 13.8. The Morgan fingerprint density at radius 1 is 1.00 bits per heavy atom. The van der Waals surface area contributed by atoms with E-state index in [0.29, 0.717) is 29.0 Å². The highest BCUT2D eigenvalue weighted by atomic mass is 19.1. The van der Waals surface area contributed by atoms with Crippen LogP contribution < -0.4 is 10.6 Å². The molecule has 138 valence electrons. The van der Waals surface area contributed by atoms with Crippen LogP contribution in [-0.2, 0) is 6.54 Å². The van der Waals surface area contributed by atoms with Crippen molar-refractivity contribution in [1.82, 2.24) is 15.0 Å². The van der Waals surface area contributed by atoms with Crippen molar-refractivity contribution in [2.75, 3.05) is 10.6 Å². The van der Waals surface area contributed by atoms with Crippen molar-refractivity contribution >= 4 is 28.3 Å². The number of nitrogens with one attached hydrogen (secondary N) is 2. The number of rotatable bonds is 5. The highest BCUT2D eigenvalue weighted by molar-refractivity contribution is 6.04. The third-order valence-corrected chi connectivity index (χ3v) is 4.21. The second-order valence-electron chi connectivity index (χ2n) is 6.10. The lowest BCUT2D eigenvalue weighted by Gasteiger charge is -2.10. The molecular weight excluding hydrogens is 357 g/mol. The largest absolute Gasteiger partial charge is 0.365 e. The van der Waals surface area contributed by atoms with E-state index in [4.69, 9.17) is 0 Å². The molecule has 0 aliphatic heterocycles. The average Bonchev–Trinajstić information content (AvgIpc) is 2.74. The van der Waals surface area contributed by atoms with Crippen LogP contribution in [0.15, 0.2) is 73.3 Å². The second kappa shape index (κ2) is 7.79. The van der Waals surface area contributed by atoms with Gasteiger partial charge in [-0.1, -0.05) is 18.2 Å². The Bertz CT molecular complexity index is 1120. The molecule has 1 amide bonds. The van der Waals surface area contributed by atoms with E-state index in [0.717, 1.165) is 5.56 Å². The highest BCUT2D eigenvalue weighted by Gasteiger charge is 2.08. The Labute approximate surface area is 160 Å². The van der Waals surface area contributed by atoms with Crippen molar-refractivity contribution in [1.29, 1.82) is 0 Å². The van der Waals surface area contributed by atoms with Gasteiger partial charge in [0.15, 0.2) is 0 Å². The minimum Gasteiger partial charge on any atom is -0.365 e. The van der Waals surface area contributed by atoms with Crippen molar-refractivity contribution in [3.8, 4) is 0 Å². The van der Waals surface area contributed by atoms with Crippen LogP contribution in [0, 0.1) is 5.82 Å². The van der Waals surface area contributed by atoms with E-state index in [9.17, 15) is 9.18 Å². The van der Waals surface area contributed by atoms with E-state index in [-0.39, 0.29) is 17.2 Å². The maximum Gasteiger partial charge on any atom is 0.257 e. The van der Waals surface area contributed by atoms with Crippen molar-refractivity contribution in [3.63, 3.8) is 0 Å². The van der Waals surface area contributed by atoms with Crippen molar-refractivity contribution in [3.05, 3.63) is 90.3 Å². The molecule has 2 aromatic carbocycles. The molecule has 4 aromatic rings. The summed E-state index contributed by atoms with van der Waals surface area (Å²) in [4.78, 5) is 24.3. The fourth-order valence-corrected chi connectivity index (χ4v) is 2.78. The van der Waals surface area contributed by atoms with E-state index in [1.54, 1.807) is 30.5 Å². The number of nitrogens with zero attached hydrogens (tertiary/aromatic N) is 3. The molecule has 6 nitrogen and oxygen atoms in total. The van der Waals surface area contributed by atoms with Crippen LogP contribution in [0.25, 0.3) is 10.9 Å². The summed E-state index contributed by atoms with van der Waals surface area (Å²) >= 11 is 0. The highest BCUT2D eigenvalue weighted by Crippen LogP contribution is 2.22. The van der Waals surface area contributed by atoms with E-state index in [2.05, 4.69) is 25.6 Å². The molecule has 0 atom stereocenters. The Morgan fingerprint density at radius 2 is 1.86 bits per heavy atom. The molecule has 0 aliphatic rings. The predicted molar refractivity (Wildman–Crippen MR) is 105 cm³/mol. The summed E-state index contributed by atoms with van der Waals surface area (Å²) in [6.45, 7) is 0.499. The van der Waals surface area contributed by atoms with Gasteiger partial charge < -0.3 is 10.6 Å². The van der Waals surface area contributed by atoms with Gasteiger partial charge in [0.25, 0.3) is 5.91 Å². The first-order valence-electron chi connectivity index (χ1n) is 8.64. The lowest BCUT2D eigenvalue weighted by Crippen LogP contribution is -2.12. The predicted octanol–water partition coefficient (Wildman–Crippen LogP) is 4.03. The monoisotopic (exact) mass is 373 g/mol. The standard InChI is InChI=1S/C21H16FN5O/c22-18-5-1-4-17-19(18)25-13-26-20(17)24-11-14-6-8-16(9-7-14)27-21(28)15-3-2-10-23-12-15/h1-10,12-13H,11H2,(H,27,28)(H,24,25,26). The summed E-state index contributed by atoms with van der Waals surface area (Å²) in [7, 11) is 0. The molecule has 2 heterocycles. The van der Waals surface area contributed by atoms with Crippen LogP contribution in [0.5, 0.6) is 0 Å². The van der Waals surface area contributed by atoms with Gasteiger partial charge in [-0.05, 0) is 42.0 Å². The smallest absolute Gasteiger partial charge is 0.257 e. The van der Waals surface area contributed by atoms with Crippen LogP contribution in [0.2, 0.25) is 0 Å². The summed E-state index contributed by atoms with van der Waals surface area (Å²) in [5.74, 6) is -0.0245. The first-order valence-corrected chi connectivity index (χ1v) is 8.64. The maximum atomic E-state index is 13.8. The number of aromatic nitrogens is 3. The molecule has 2 N–H and O–H groups in total. The molecule has 0 spiro atoms. The number of hydrogen-bond acceptors (Lipinski definition) is 5. The van der Waals surface area contributed by atoms with Gasteiger partial charge in [-0.2, -0.15) is 0 Å². The van der Waals surface area contributed by atoms with Crippen LogP contribution in [0.3, 0.4) is 0 Å². The molecule has 0 unspecified atom stereocenters. The van der Waals surface area contributed by atoms with E-state index < -0.39 is 0 Å². The molecule has 28 heavy (non-hydrogen) atoms. The van der Waals surface area contributed by atoms with Crippen LogP contribution in [0.1, 0.15) is 15.9 Å². The quantitative estimate of drug-likeness (QED) is 0.552. The first-order chi connectivity index (χ1) is 13.7. The SMILES string of the molecule is O=C(Nc1ccc(CNc2ncnc3c(F)cccc23)cc1)c1cccnc1. The number of carbonyl (C=O) groups is 1. The fourth-order valence-electron chi connectivity index (χ4n) is 2.78. The zero-order valence-corrected chi connectivity index (χ0v) is 14.8. The average molecular weight is 373 g/mol. The number of amides is 1. The van der Waals surface area contributed by atoms with Crippen LogP contribution in [-0.4, -0.2) is 20.9 Å². The normalized spacial score (nSPS) is 10.6. The minimum atomic E-state index is -0.378. The lowest BCUT2D eigenvalue weighted by molar-refractivity contribution is 0.102. The summed E-state index contributed by atoms with van der Waals surface area (Å²) in [5, 5.41) is 6.66. The zero-order chi connectivity index (χ0) is 19.3. The number of pyridine rings is 1. The Morgan fingerprint density at radius 3 is 2.64 bits per heavy atom. The van der Waals surface area contributed by atoms with Gasteiger partial charge >= 0.3 is 0 Å². The van der Waals surface area contributed by atoms with Gasteiger partial charge in [0.1, 0.15) is 23.5 Å². The third kappa shape index (κ3) is 3.78. The number of para-hydroxylation sites is 1. The molecule has 4 rings (SSSR count). The van der Waals surface area contributed by atoms with Crippen LogP contribution >= 0.6 is 0 Å². The number of anilines is 2. The van der Waals surface area contributed by atoms with E-state index in [1.165, 1.54) is 18.6 Å². The Kier molecular flexibility index (Phi) is 4.88. The molecule has 0 radical (unpaired) electrons. The van der Waals surface area contributed by atoms with Crippen molar-refractivity contribution < 1.29 is 9.18 Å². The number of carbonyl (C=O) groups excluding carboxylic acids is 1. The first kappa shape index (κ1) is 17.5. The van der Waals surface area contributed by atoms with Gasteiger partial charge in [-0.25, -0.2) is 14.4 Å². The minimum absolute atomic E-state index is 0.214. The Balaban J connectivity index is 1.43. The summed E-state index contributed by atoms with van der Waals surface area (Å²) < 4.78 is 13.8. The van der Waals surface area contributed by atoms with Crippen LogP contribution in [0.4, 0.5) is 15.9 Å². The molecule has 0 fully saturated rings. The van der Waals surface area contributed by atoms with Gasteiger partial charge in [0.2, 0.25) is 0 Å². The van der Waals surface area contributed by atoms with Gasteiger partial charge in [-0.15, -0.1) is 0 Å². The second-order valence-corrected chi connectivity index (χ2v) is 6.10. The third-order valence-electron chi connectivity index (χ3n) is 4.21.